The molecule has 2 heterocycles. The molecule has 0 atom stereocenters. The van der Waals surface area contributed by atoms with Gasteiger partial charge in [-0.05, 0) is 56.3 Å². The highest BCUT2D eigenvalue weighted by Gasteiger charge is 2.43. The number of anilines is 1. The van der Waals surface area contributed by atoms with Crippen molar-refractivity contribution in [3.8, 4) is 16.9 Å². The summed E-state index contributed by atoms with van der Waals surface area (Å²) in [5.74, 6) is 0.668. The van der Waals surface area contributed by atoms with Crippen molar-refractivity contribution >= 4 is 56.1 Å². The van der Waals surface area contributed by atoms with E-state index in [-0.39, 0.29) is 5.91 Å². The van der Waals surface area contributed by atoms with Crippen LogP contribution in [0.5, 0.6) is 5.75 Å². The van der Waals surface area contributed by atoms with Crippen molar-refractivity contribution in [1.82, 2.24) is 0 Å². The Morgan fingerprint density at radius 2 is 1.85 bits per heavy atom. The van der Waals surface area contributed by atoms with Gasteiger partial charge >= 0.3 is 0 Å². The highest BCUT2D eigenvalue weighted by atomic mass is 35.5. The lowest BCUT2D eigenvalue weighted by atomic mass is 9.86. The molecule has 3 nitrogen and oxygen atoms in total. The molecule has 1 amide bonds. The van der Waals surface area contributed by atoms with Crippen LogP contribution in [0.3, 0.4) is 0 Å². The second-order valence-electron chi connectivity index (χ2n) is 6.75. The van der Waals surface area contributed by atoms with Gasteiger partial charge in [-0.25, -0.2) is 0 Å². The molecule has 2 aromatic carbocycles. The van der Waals surface area contributed by atoms with E-state index in [2.05, 4.69) is 13.8 Å². The number of halogens is 1. The minimum Gasteiger partial charge on any atom is -0.497 e. The van der Waals surface area contributed by atoms with E-state index in [1.165, 1.54) is 0 Å². The van der Waals surface area contributed by atoms with Crippen molar-refractivity contribution in [1.29, 1.82) is 0 Å². The third-order valence-electron chi connectivity index (χ3n) is 4.75. The van der Waals surface area contributed by atoms with E-state index < -0.39 is 5.54 Å². The fraction of sp³-hybridized carbons (Fsp3) is 0.200. The van der Waals surface area contributed by atoms with Gasteiger partial charge in [0.2, 0.25) is 0 Å². The van der Waals surface area contributed by atoms with E-state index in [4.69, 9.17) is 28.6 Å². The summed E-state index contributed by atoms with van der Waals surface area (Å²) in [4.78, 5) is 16.4. The van der Waals surface area contributed by atoms with Crippen molar-refractivity contribution in [3.63, 3.8) is 0 Å². The molecular weight excluding hydrogens is 418 g/mol. The summed E-state index contributed by atoms with van der Waals surface area (Å²) in [5.41, 5.74) is 2.89. The number of nitrogens with zero attached hydrogens (tertiary/aromatic N) is 1. The molecule has 0 radical (unpaired) electrons. The number of hydrogen-bond acceptors (Lipinski definition) is 5. The predicted octanol–water partition coefficient (Wildman–Crippen LogP) is 6.76. The number of fused-ring (bicyclic) bond motifs is 3. The molecule has 0 bridgehead atoms. The highest BCUT2D eigenvalue weighted by Crippen LogP contribution is 2.53. The van der Waals surface area contributed by atoms with E-state index in [9.17, 15) is 4.79 Å². The van der Waals surface area contributed by atoms with Crippen LogP contribution in [0.4, 0.5) is 5.69 Å². The van der Waals surface area contributed by atoms with E-state index >= 15 is 0 Å². The molecule has 138 valence electrons. The van der Waals surface area contributed by atoms with Crippen molar-refractivity contribution < 1.29 is 9.53 Å². The molecule has 0 fully saturated rings. The van der Waals surface area contributed by atoms with Gasteiger partial charge in [-0.3, -0.25) is 9.69 Å². The molecule has 0 spiro atoms. The van der Waals surface area contributed by atoms with Gasteiger partial charge in [0.1, 0.15) is 9.57 Å². The Kier molecular flexibility index (Phi) is 4.63. The summed E-state index contributed by atoms with van der Waals surface area (Å²) in [6.45, 7) is 4.12. The van der Waals surface area contributed by atoms with Crippen molar-refractivity contribution in [3.05, 3.63) is 61.8 Å². The largest absolute Gasteiger partial charge is 0.497 e. The van der Waals surface area contributed by atoms with Gasteiger partial charge in [0.05, 0.1) is 23.2 Å². The number of rotatable bonds is 2. The van der Waals surface area contributed by atoms with E-state index in [1.807, 2.05) is 23.1 Å². The number of carbonyl (C=O) groups excluding carboxylic acids is 1. The topological polar surface area (TPSA) is 29.5 Å². The summed E-state index contributed by atoms with van der Waals surface area (Å²) in [7, 11) is 4.84. The Balaban J connectivity index is 1.96. The van der Waals surface area contributed by atoms with Crippen LogP contribution in [0.25, 0.3) is 11.1 Å². The van der Waals surface area contributed by atoms with Crippen LogP contribution in [0.2, 0.25) is 5.02 Å². The Labute approximate surface area is 175 Å². The Hall–Kier alpha value is -1.73. The number of hydrogen-bond donors (Lipinski definition) is 0. The average molecular weight is 434 g/mol. The number of benzene rings is 2. The summed E-state index contributed by atoms with van der Waals surface area (Å²) in [6.07, 6.45) is 0. The smallest absolute Gasteiger partial charge is 0.259 e. The Morgan fingerprint density at radius 1 is 1.15 bits per heavy atom. The van der Waals surface area contributed by atoms with Gasteiger partial charge in [0.15, 0.2) is 0 Å². The monoisotopic (exact) mass is 433 g/mol. The Bertz CT molecular complexity index is 1100. The molecule has 0 saturated heterocycles. The van der Waals surface area contributed by atoms with Crippen LogP contribution in [-0.2, 0) is 5.54 Å². The van der Waals surface area contributed by atoms with Crippen molar-refractivity contribution in [2.75, 3.05) is 12.0 Å². The van der Waals surface area contributed by atoms with Crippen LogP contribution in [0.15, 0.2) is 42.5 Å². The van der Waals surface area contributed by atoms with Crippen molar-refractivity contribution in [2.45, 2.75) is 19.4 Å². The maximum atomic E-state index is 13.5. The van der Waals surface area contributed by atoms with Gasteiger partial charge in [0.25, 0.3) is 5.91 Å². The summed E-state index contributed by atoms with van der Waals surface area (Å²) < 4.78 is 6.26. The first kappa shape index (κ1) is 18.6. The van der Waals surface area contributed by atoms with Gasteiger partial charge in [-0.15, -0.1) is 0 Å². The third kappa shape index (κ3) is 2.91. The fourth-order valence-corrected chi connectivity index (χ4v) is 6.83. The van der Waals surface area contributed by atoms with Crippen LogP contribution >= 0.6 is 44.5 Å². The van der Waals surface area contributed by atoms with E-state index in [0.29, 0.717) is 10.6 Å². The minimum atomic E-state index is -0.522. The quantitative estimate of drug-likeness (QED) is 0.330. The van der Waals surface area contributed by atoms with Crippen LogP contribution in [-0.4, -0.2) is 13.0 Å². The first-order chi connectivity index (χ1) is 12.8. The van der Waals surface area contributed by atoms with Gasteiger partial charge < -0.3 is 4.74 Å². The number of methoxy groups -OCH3 is 1. The highest BCUT2D eigenvalue weighted by molar-refractivity contribution is 7.80. The zero-order valence-corrected chi connectivity index (χ0v) is 18.1. The molecule has 3 aromatic rings. The number of amides is 1. The van der Waals surface area contributed by atoms with Crippen molar-refractivity contribution in [2.24, 2.45) is 0 Å². The lowest BCUT2D eigenvalue weighted by Gasteiger charge is -2.43. The molecule has 0 N–H and O–H groups in total. The number of carbonyl (C=O) groups is 1. The molecule has 0 aliphatic carbocycles. The van der Waals surface area contributed by atoms with E-state index in [0.717, 1.165) is 31.3 Å². The Morgan fingerprint density at radius 3 is 2.52 bits per heavy atom. The minimum absolute atomic E-state index is 0.0712. The van der Waals surface area contributed by atoms with Gasteiger partial charge in [-0.2, -0.15) is 0 Å². The maximum Gasteiger partial charge on any atom is 0.259 e. The molecule has 1 aromatic heterocycles. The third-order valence-corrected chi connectivity index (χ3v) is 8.34. The second-order valence-corrected chi connectivity index (χ2v) is 10.0. The second kappa shape index (κ2) is 6.71. The SMILES string of the molecule is COc1ccc2c(c1)-c1c(ssc1=S)C(C)(C)N2C(=O)c1ccc(Cl)cc1. The zero-order valence-electron chi connectivity index (χ0n) is 14.9. The molecule has 1 aliphatic rings. The van der Waals surface area contributed by atoms with Gasteiger partial charge in [-0.1, -0.05) is 44.5 Å². The fourth-order valence-electron chi connectivity index (χ4n) is 3.42. The molecule has 0 saturated carbocycles. The molecule has 4 rings (SSSR count). The zero-order chi connectivity index (χ0) is 19.3. The summed E-state index contributed by atoms with van der Waals surface area (Å²) >= 11 is 11.6. The summed E-state index contributed by atoms with van der Waals surface area (Å²) in [6, 6.07) is 12.8. The average Bonchev–Trinajstić information content (AvgIpc) is 3.05. The maximum absolute atomic E-state index is 13.5. The lowest BCUT2D eigenvalue weighted by molar-refractivity contribution is 0.0961. The first-order valence-corrected chi connectivity index (χ1v) is 11.2. The number of ether oxygens (including phenoxy) is 1. The molecular formula is C20H16ClNO2S3. The van der Waals surface area contributed by atoms with Crippen LogP contribution in [0, 0.1) is 3.82 Å². The molecule has 1 aliphatic heterocycles. The first-order valence-electron chi connectivity index (χ1n) is 8.26. The molecule has 0 unspecified atom stereocenters. The van der Waals surface area contributed by atoms with E-state index in [1.54, 1.807) is 52.1 Å². The van der Waals surface area contributed by atoms with Crippen LogP contribution in [0.1, 0.15) is 29.1 Å². The molecule has 27 heavy (non-hydrogen) atoms. The molecule has 7 heteroatoms. The normalized spacial score (nSPS) is 14.4. The lowest BCUT2D eigenvalue weighted by Crippen LogP contribution is -2.47. The predicted molar refractivity (Wildman–Crippen MR) is 116 cm³/mol. The van der Waals surface area contributed by atoms with Crippen LogP contribution < -0.4 is 9.64 Å². The standard InChI is InChI=1S/C20H16ClNO2S3/c1-20(2)17-16(19(25)27-26-17)14-10-13(24-3)8-9-15(14)22(20)18(23)11-4-6-12(21)7-5-11/h4-10H,1-3H3. The summed E-state index contributed by atoms with van der Waals surface area (Å²) in [5, 5.41) is 0.604. The van der Waals surface area contributed by atoms with Gasteiger partial charge in [0, 0.05) is 21.7 Å².